The minimum atomic E-state index is -1.33. The number of carboxylic acid groups (broad SMARTS) is 2. The molecule has 1 rings (SSSR count). The Morgan fingerprint density at radius 3 is 2.06 bits per heavy atom. The van der Waals surface area contributed by atoms with Gasteiger partial charge in [-0.2, -0.15) is 0 Å². The summed E-state index contributed by atoms with van der Waals surface area (Å²) in [5.41, 5.74) is 3.73. The number of primary amides is 1. The molecule has 0 spiro atoms. The van der Waals surface area contributed by atoms with Crippen molar-refractivity contribution in [2.75, 3.05) is 5.32 Å². The first kappa shape index (κ1) is 14.0. The second-order valence-corrected chi connectivity index (χ2v) is 2.29. The molecule has 0 aromatic carbocycles. The van der Waals surface area contributed by atoms with E-state index in [1.807, 2.05) is 5.32 Å². The summed E-state index contributed by atoms with van der Waals surface area (Å²) in [5, 5.41) is 27.4. The normalized spacial score (nSPS) is 8.47. The molecule has 0 aliphatic rings. The van der Waals surface area contributed by atoms with E-state index < -0.39 is 17.1 Å². The molecule has 11 heteroatoms. The fraction of sp³-hybridized carbons (Fsp3) is 0. The van der Waals surface area contributed by atoms with Gasteiger partial charge in [0.05, 0.1) is 4.92 Å². The highest BCUT2D eigenvalue weighted by molar-refractivity contribution is 5.80. The molecule has 1 aromatic heterocycles. The molecule has 2 amide bonds. The van der Waals surface area contributed by atoms with Gasteiger partial charge in [0.25, 0.3) is 0 Å². The maximum atomic E-state index is 10.1. The van der Waals surface area contributed by atoms with Gasteiger partial charge in [-0.3, -0.25) is 15.4 Å². The molecule has 92 valence electrons. The van der Waals surface area contributed by atoms with Crippen LogP contribution in [0.3, 0.4) is 0 Å². The first-order valence-electron chi connectivity index (χ1n) is 3.77. The zero-order chi connectivity index (χ0) is 13.4. The number of nitrogens with zero attached hydrogens (tertiary/aromatic N) is 3. The number of nitrogens with one attached hydrogen (secondary N) is 1. The SMILES string of the molecule is NC(=O)O.O=C(O)Nc1ncc([N+](=O)[O-])cn1. The van der Waals surface area contributed by atoms with Crippen LogP contribution in [0.2, 0.25) is 0 Å². The Labute approximate surface area is 93.1 Å². The van der Waals surface area contributed by atoms with E-state index in [1.54, 1.807) is 0 Å². The highest BCUT2D eigenvalue weighted by atomic mass is 16.6. The molecule has 0 atom stereocenters. The lowest BCUT2D eigenvalue weighted by molar-refractivity contribution is -0.385. The third kappa shape index (κ3) is 7.01. The van der Waals surface area contributed by atoms with Crippen LogP contribution in [-0.2, 0) is 0 Å². The van der Waals surface area contributed by atoms with E-state index in [4.69, 9.17) is 15.0 Å². The molecule has 0 saturated heterocycles. The largest absolute Gasteiger partial charge is 0.465 e. The van der Waals surface area contributed by atoms with Gasteiger partial charge in [-0.25, -0.2) is 19.6 Å². The number of carbonyl (C=O) groups is 2. The zero-order valence-electron chi connectivity index (χ0n) is 8.10. The Kier molecular flexibility index (Phi) is 5.36. The molecule has 17 heavy (non-hydrogen) atoms. The number of aromatic nitrogens is 2. The number of nitro groups is 1. The number of nitrogens with two attached hydrogens (primary N) is 1. The third-order valence-corrected chi connectivity index (χ3v) is 1.07. The topological polar surface area (TPSA) is 182 Å². The zero-order valence-corrected chi connectivity index (χ0v) is 8.10. The number of hydrogen-bond donors (Lipinski definition) is 4. The smallest absolute Gasteiger partial charge is 0.411 e. The summed E-state index contributed by atoms with van der Waals surface area (Å²) in [7, 11) is 0. The van der Waals surface area contributed by atoms with E-state index in [0.29, 0.717) is 0 Å². The Hall–Kier alpha value is -2.98. The van der Waals surface area contributed by atoms with E-state index in [2.05, 4.69) is 15.7 Å². The summed E-state index contributed by atoms with van der Waals surface area (Å²) < 4.78 is 0. The Bertz CT molecular complexity index is 413. The standard InChI is InChI=1S/C5H4N4O4.CH3NO2/c10-5(11)8-4-6-1-3(2-7-4)9(12)13;2-1(3)4/h1-2H,(H,10,11)(H,6,7,8);2H2,(H,3,4). The van der Waals surface area contributed by atoms with E-state index >= 15 is 0 Å². The van der Waals surface area contributed by atoms with Crippen molar-refractivity contribution in [2.45, 2.75) is 0 Å². The minimum absolute atomic E-state index is 0.196. The lowest BCUT2D eigenvalue weighted by Gasteiger charge is -1.95. The summed E-state index contributed by atoms with van der Waals surface area (Å²) in [6.07, 6.45) is -0.829. The number of amides is 2. The van der Waals surface area contributed by atoms with Crippen LogP contribution < -0.4 is 11.1 Å². The summed E-state index contributed by atoms with van der Waals surface area (Å²) in [6, 6.07) is 0. The van der Waals surface area contributed by atoms with Crippen LogP contribution in [-0.4, -0.2) is 37.3 Å². The fourth-order valence-corrected chi connectivity index (χ4v) is 0.576. The summed E-state index contributed by atoms with van der Waals surface area (Å²) in [4.78, 5) is 35.1. The highest BCUT2D eigenvalue weighted by Crippen LogP contribution is 2.07. The third-order valence-electron chi connectivity index (χ3n) is 1.07. The van der Waals surface area contributed by atoms with E-state index in [0.717, 1.165) is 12.4 Å². The maximum absolute atomic E-state index is 10.1. The van der Waals surface area contributed by atoms with Crippen molar-refractivity contribution in [1.82, 2.24) is 9.97 Å². The van der Waals surface area contributed by atoms with Crippen LogP contribution in [0.1, 0.15) is 0 Å². The van der Waals surface area contributed by atoms with Gasteiger partial charge in [-0.1, -0.05) is 0 Å². The van der Waals surface area contributed by atoms with Gasteiger partial charge in [-0.05, 0) is 0 Å². The highest BCUT2D eigenvalue weighted by Gasteiger charge is 2.07. The Morgan fingerprint density at radius 1 is 1.35 bits per heavy atom. The van der Waals surface area contributed by atoms with Crippen molar-refractivity contribution in [1.29, 1.82) is 0 Å². The minimum Gasteiger partial charge on any atom is -0.465 e. The van der Waals surface area contributed by atoms with Crippen LogP contribution in [0, 0.1) is 10.1 Å². The van der Waals surface area contributed by atoms with Crippen LogP contribution in [0.5, 0.6) is 0 Å². The molecular formula is C6H7N5O6. The molecule has 0 saturated carbocycles. The predicted octanol–water partition coefficient (Wildman–Crippen LogP) is 0.0978. The quantitative estimate of drug-likeness (QED) is 0.417. The van der Waals surface area contributed by atoms with Crippen molar-refractivity contribution in [2.24, 2.45) is 5.73 Å². The molecule has 0 aliphatic carbocycles. The van der Waals surface area contributed by atoms with Gasteiger partial charge < -0.3 is 15.9 Å². The molecular weight excluding hydrogens is 238 g/mol. The lowest BCUT2D eigenvalue weighted by atomic mass is 10.6. The molecule has 1 aromatic rings. The van der Waals surface area contributed by atoms with Crippen molar-refractivity contribution in [3.05, 3.63) is 22.5 Å². The van der Waals surface area contributed by atoms with Crippen molar-refractivity contribution >= 4 is 23.8 Å². The van der Waals surface area contributed by atoms with E-state index in [1.165, 1.54) is 0 Å². The predicted molar refractivity (Wildman–Crippen MR) is 52.5 cm³/mol. The number of rotatable bonds is 2. The molecule has 11 nitrogen and oxygen atoms in total. The van der Waals surface area contributed by atoms with Crippen molar-refractivity contribution in [3.8, 4) is 0 Å². The molecule has 1 heterocycles. The van der Waals surface area contributed by atoms with Crippen LogP contribution >= 0.6 is 0 Å². The maximum Gasteiger partial charge on any atom is 0.411 e. The molecule has 0 fully saturated rings. The summed E-state index contributed by atoms with van der Waals surface area (Å²) in [6.45, 7) is 0. The summed E-state index contributed by atoms with van der Waals surface area (Å²) in [5.74, 6) is -0.196. The molecule has 0 unspecified atom stereocenters. The number of anilines is 1. The van der Waals surface area contributed by atoms with Crippen LogP contribution in [0.25, 0.3) is 0 Å². The monoisotopic (exact) mass is 245 g/mol. The molecule has 0 bridgehead atoms. The van der Waals surface area contributed by atoms with Gasteiger partial charge in [0, 0.05) is 0 Å². The Balaban J connectivity index is 0.000000557. The van der Waals surface area contributed by atoms with Crippen molar-refractivity contribution < 1.29 is 24.7 Å². The molecule has 5 N–H and O–H groups in total. The molecule has 0 aliphatic heterocycles. The van der Waals surface area contributed by atoms with Crippen molar-refractivity contribution in [3.63, 3.8) is 0 Å². The second-order valence-electron chi connectivity index (χ2n) is 2.29. The van der Waals surface area contributed by atoms with Gasteiger partial charge in [-0.15, -0.1) is 0 Å². The van der Waals surface area contributed by atoms with Gasteiger partial charge >= 0.3 is 17.9 Å². The fourth-order valence-electron chi connectivity index (χ4n) is 0.576. The van der Waals surface area contributed by atoms with Crippen LogP contribution in [0.4, 0.5) is 21.2 Å². The van der Waals surface area contributed by atoms with Crippen LogP contribution in [0.15, 0.2) is 12.4 Å². The first-order chi connectivity index (χ1) is 7.82. The van der Waals surface area contributed by atoms with Gasteiger partial charge in [0.1, 0.15) is 12.4 Å². The number of hydrogen-bond acceptors (Lipinski definition) is 6. The summed E-state index contributed by atoms with van der Waals surface area (Å²) >= 11 is 0. The Morgan fingerprint density at radius 2 is 1.76 bits per heavy atom. The lowest BCUT2D eigenvalue weighted by Crippen LogP contribution is -2.10. The average molecular weight is 245 g/mol. The van der Waals surface area contributed by atoms with Gasteiger partial charge in [0.2, 0.25) is 5.95 Å². The van der Waals surface area contributed by atoms with Gasteiger partial charge in [0.15, 0.2) is 0 Å². The first-order valence-corrected chi connectivity index (χ1v) is 3.77. The molecule has 0 radical (unpaired) electrons. The average Bonchev–Trinajstić information content (AvgIpc) is 2.16. The van der Waals surface area contributed by atoms with E-state index in [-0.39, 0.29) is 11.6 Å². The second kappa shape index (κ2) is 6.49. The van der Waals surface area contributed by atoms with E-state index in [9.17, 15) is 14.9 Å².